The van der Waals surface area contributed by atoms with Gasteiger partial charge in [0.05, 0.1) is 23.2 Å². The molecule has 3 heterocycles. The second-order valence-electron chi connectivity index (χ2n) is 8.25. The maximum atomic E-state index is 11.9. The number of aryl methyl sites for hydroxylation is 1. The van der Waals surface area contributed by atoms with Crippen LogP contribution in [0.15, 0.2) is 42.6 Å². The van der Waals surface area contributed by atoms with Crippen LogP contribution in [0.3, 0.4) is 0 Å². The molecule has 0 aliphatic carbocycles. The summed E-state index contributed by atoms with van der Waals surface area (Å²) in [7, 11) is 8.96. The summed E-state index contributed by atoms with van der Waals surface area (Å²) in [6.45, 7) is 1.26. The molecule has 0 unspecified atom stereocenters. The summed E-state index contributed by atoms with van der Waals surface area (Å²) < 4.78 is 7.23. The highest BCUT2D eigenvalue weighted by Gasteiger charge is 2.24. The molecule has 0 bridgehead atoms. The van der Waals surface area contributed by atoms with Gasteiger partial charge in [-0.1, -0.05) is 18.2 Å². The summed E-state index contributed by atoms with van der Waals surface area (Å²) in [4.78, 5) is 28.4. The van der Waals surface area contributed by atoms with Crippen molar-refractivity contribution in [1.29, 1.82) is 0 Å². The van der Waals surface area contributed by atoms with Crippen molar-refractivity contribution >= 4 is 34.0 Å². The molecule has 0 aliphatic heterocycles. The third-order valence-electron chi connectivity index (χ3n) is 5.48. The van der Waals surface area contributed by atoms with Gasteiger partial charge in [0.15, 0.2) is 0 Å². The number of benzene rings is 1. The molecule has 0 amide bonds. The van der Waals surface area contributed by atoms with Gasteiger partial charge in [-0.05, 0) is 26.2 Å². The largest absolute Gasteiger partial charge is 0.479 e. The van der Waals surface area contributed by atoms with Crippen LogP contribution in [-0.2, 0) is 7.05 Å². The molecule has 182 valence electrons. The highest BCUT2D eigenvalue weighted by Crippen LogP contribution is 2.36. The molecular weight excluding hydrogens is 450 g/mol. The lowest BCUT2D eigenvalue weighted by atomic mass is 10.1. The lowest BCUT2D eigenvalue weighted by Crippen LogP contribution is -2.29. The Morgan fingerprint density at radius 1 is 1.14 bits per heavy atom. The van der Waals surface area contributed by atoms with Crippen LogP contribution in [0.1, 0.15) is 0 Å². The number of fused-ring (bicyclic) bond motifs is 1. The molecule has 4 aromatic rings. The number of likely N-dealkylation sites (N-methyl/N-ethyl adjacent to an activating group) is 2. The number of ether oxygens (including phenoxy) is 1. The van der Waals surface area contributed by atoms with Crippen LogP contribution in [0.2, 0.25) is 0 Å². The number of hydrogen-bond acceptors (Lipinski definition) is 10. The van der Waals surface area contributed by atoms with E-state index in [4.69, 9.17) is 4.74 Å². The zero-order valence-corrected chi connectivity index (χ0v) is 20.3. The van der Waals surface area contributed by atoms with Gasteiger partial charge in [-0.25, -0.2) is 9.97 Å². The Bertz CT molecular complexity index is 1370. The highest BCUT2D eigenvalue weighted by molar-refractivity contribution is 5.92. The van der Waals surface area contributed by atoms with E-state index in [0.717, 1.165) is 10.9 Å². The van der Waals surface area contributed by atoms with Gasteiger partial charge in [-0.3, -0.25) is 14.8 Å². The van der Waals surface area contributed by atoms with Crippen LogP contribution in [0.25, 0.3) is 22.3 Å². The minimum Gasteiger partial charge on any atom is -0.479 e. The Morgan fingerprint density at radius 2 is 1.91 bits per heavy atom. The second-order valence-corrected chi connectivity index (χ2v) is 8.25. The number of nitrogens with zero attached hydrogens (tertiary/aromatic N) is 8. The Balaban J connectivity index is 1.70. The zero-order valence-electron chi connectivity index (χ0n) is 20.3. The van der Waals surface area contributed by atoms with Gasteiger partial charge in [-0.2, -0.15) is 10.1 Å². The van der Waals surface area contributed by atoms with Crippen molar-refractivity contribution in [2.24, 2.45) is 7.05 Å². The van der Waals surface area contributed by atoms with Gasteiger partial charge in [0.2, 0.25) is 17.6 Å². The number of methoxy groups -OCH3 is 1. The minimum absolute atomic E-state index is 0.151. The summed E-state index contributed by atoms with van der Waals surface area (Å²) in [5.41, 5.74) is 2.43. The van der Waals surface area contributed by atoms with Crippen molar-refractivity contribution in [3.63, 3.8) is 0 Å². The number of pyridine rings is 1. The number of anilines is 3. The van der Waals surface area contributed by atoms with E-state index in [9.17, 15) is 10.1 Å². The smallest absolute Gasteiger partial charge is 0.313 e. The summed E-state index contributed by atoms with van der Waals surface area (Å²) >= 11 is 0. The molecule has 0 saturated heterocycles. The fourth-order valence-corrected chi connectivity index (χ4v) is 3.67. The first-order chi connectivity index (χ1) is 16.8. The number of hydrogen-bond donors (Lipinski definition) is 1. The van der Waals surface area contributed by atoms with Crippen LogP contribution < -0.4 is 15.0 Å². The summed E-state index contributed by atoms with van der Waals surface area (Å²) in [5, 5.41) is 20.4. The van der Waals surface area contributed by atoms with Crippen LogP contribution in [0.4, 0.5) is 23.1 Å². The molecule has 0 aliphatic rings. The Morgan fingerprint density at radius 3 is 2.63 bits per heavy atom. The quantitative estimate of drug-likeness (QED) is 0.284. The van der Waals surface area contributed by atoms with E-state index in [-0.39, 0.29) is 29.0 Å². The van der Waals surface area contributed by atoms with Gasteiger partial charge >= 0.3 is 5.69 Å². The van der Waals surface area contributed by atoms with Gasteiger partial charge < -0.3 is 19.9 Å². The standard InChI is InChI=1S/C23H27N9O3/c1-29(2)12-13-30(3)21-19(32(33)34)14-17(22(27-21)35-5)26-23-24-11-10-16(25-23)20-15-8-6-7-9-18(15)31(4)28-20/h6-11,14H,12-13H2,1-5H3,(H,24,25,26). The fourth-order valence-electron chi connectivity index (χ4n) is 3.67. The third-order valence-corrected chi connectivity index (χ3v) is 5.48. The summed E-state index contributed by atoms with van der Waals surface area (Å²) in [6.07, 6.45) is 1.60. The summed E-state index contributed by atoms with van der Waals surface area (Å²) in [6, 6.07) is 11.0. The van der Waals surface area contributed by atoms with Gasteiger partial charge in [0.1, 0.15) is 11.4 Å². The molecular formula is C23H27N9O3. The Hall–Kier alpha value is -4.32. The number of para-hydroxylation sites is 1. The molecule has 0 saturated carbocycles. The molecule has 0 fully saturated rings. The van der Waals surface area contributed by atoms with E-state index in [1.807, 2.05) is 50.3 Å². The van der Waals surface area contributed by atoms with E-state index in [0.29, 0.717) is 24.5 Å². The monoisotopic (exact) mass is 477 g/mol. The Kier molecular flexibility index (Phi) is 6.73. The van der Waals surface area contributed by atoms with Crippen molar-refractivity contribution in [2.45, 2.75) is 0 Å². The predicted molar refractivity (Wildman–Crippen MR) is 134 cm³/mol. The maximum absolute atomic E-state index is 11.9. The first-order valence-corrected chi connectivity index (χ1v) is 10.9. The van der Waals surface area contributed by atoms with E-state index in [2.05, 4.69) is 25.4 Å². The topological polar surface area (TPSA) is 127 Å². The van der Waals surface area contributed by atoms with Crippen molar-refractivity contribution in [2.75, 3.05) is 51.6 Å². The average Bonchev–Trinajstić information content (AvgIpc) is 3.19. The molecule has 12 heteroatoms. The van der Waals surface area contributed by atoms with E-state index in [1.54, 1.807) is 28.9 Å². The molecule has 12 nitrogen and oxygen atoms in total. The highest BCUT2D eigenvalue weighted by atomic mass is 16.6. The van der Waals surface area contributed by atoms with Crippen molar-refractivity contribution < 1.29 is 9.66 Å². The molecule has 1 aromatic carbocycles. The van der Waals surface area contributed by atoms with E-state index >= 15 is 0 Å². The van der Waals surface area contributed by atoms with Crippen LogP contribution in [-0.4, -0.2) is 75.9 Å². The van der Waals surface area contributed by atoms with Crippen molar-refractivity contribution in [3.8, 4) is 17.3 Å². The van der Waals surface area contributed by atoms with E-state index < -0.39 is 4.92 Å². The first kappa shape index (κ1) is 23.8. The third kappa shape index (κ3) is 4.96. The molecule has 3 aromatic heterocycles. The normalized spacial score (nSPS) is 11.1. The van der Waals surface area contributed by atoms with Crippen molar-refractivity contribution in [3.05, 3.63) is 52.7 Å². The van der Waals surface area contributed by atoms with E-state index in [1.165, 1.54) is 13.2 Å². The maximum Gasteiger partial charge on any atom is 0.313 e. The van der Waals surface area contributed by atoms with Gasteiger partial charge in [0, 0.05) is 44.8 Å². The number of nitro groups is 1. The number of nitrogens with one attached hydrogen (secondary N) is 1. The molecule has 0 spiro atoms. The fraction of sp³-hybridized carbons (Fsp3) is 0.304. The van der Waals surface area contributed by atoms with Gasteiger partial charge in [-0.15, -0.1) is 0 Å². The van der Waals surface area contributed by atoms with Crippen LogP contribution >= 0.6 is 0 Å². The van der Waals surface area contributed by atoms with Crippen LogP contribution in [0.5, 0.6) is 5.88 Å². The molecule has 35 heavy (non-hydrogen) atoms. The minimum atomic E-state index is -0.462. The SMILES string of the molecule is COc1nc(N(C)CCN(C)C)c([N+](=O)[O-])cc1Nc1nccc(-c2nn(C)c3ccccc23)n1. The molecule has 1 N–H and O–H groups in total. The lowest BCUT2D eigenvalue weighted by molar-refractivity contribution is -0.384. The summed E-state index contributed by atoms with van der Waals surface area (Å²) in [5.74, 6) is 0.647. The predicted octanol–water partition coefficient (Wildman–Crippen LogP) is 3.08. The second kappa shape index (κ2) is 9.89. The first-order valence-electron chi connectivity index (χ1n) is 10.9. The van der Waals surface area contributed by atoms with Gasteiger partial charge in [0.25, 0.3) is 0 Å². The lowest BCUT2D eigenvalue weighted by Gasteiger charge is -2.21. The Labute approximate surface area is 202 Å². The number of aromatic nitrogens is 5. The molecule has 0 radical (unpaired) electrons. The average molecular weight is 478 g/mol. The van der Waals surface area contributed by atoms with Crippen LogP contribution in [0, 0.1) is 10.1 Å². The molecule has 0 atom stereocenters. The number of rotatable bonds is 9. The zero-order chi connectivity index (χ0) is 25.1. The van der Waals surface area contributed by atoms with Crippen molar-refractivity contribution in [1.82, 2.24) is 29.6 Å². The molecule has 4 rings (SSSR count).